The van der Waals surface area contributed by atoms with Crippen LogP contribution in [0.15, 0.2) is 22.9 Å². The molecule has 0 saturated carbocycles. The maximum Gasteiger partial charge on any atom is 0.408 e. The molecule has 0 bridgehead atoms. The van der Waals surface area contributed by atoms with Gasteiger partial charge in [0.2, 0.25) is 0 Å². The van der Waals surface area contributed by atoms with E-state index in [0.29, 0.717) is 5.75 Å². The third kappa shape index (κ3) is 3.14. The van der Waals surface area contributed by atoms with Crippen molar-refractivity contribution in [2.24, 2.45) is 0 Å². The van der Waals surface area contributed by atoms with Crippen molar-refractivity contribution in [1.29, 1.82) is 0 Å². The Kier molecular flexibility index (Phi) is 3.89. The molecule has 1 aliphatic heterocycles. The first-order chi connectivity index (χ1) is 8.97. The maximum absolute atomic E-state index is 11.0. The Bertz CT molecular complexity index is 488. The maximum atomic E-state index is 11.0. The summed E-state index contributed by atoms with van der Waals surface area (Å²) in [6.45, 7) is 0.0266. The Balaban J connectivity index is 2.07. The number of carboxylic acid groups (broad SMARTS) is 2. The number of ether oxygens (including phenoxy) is 1. The minimum absolute atomic E-state index is 0.0266. The van der Waals surface area contributed by atoms with Crippen molar-refractivity contribution < 1.29 is 24.5 Å². The fourth-order valence-corrected chi connectivity index (χ4v) is 2.32. The third-order valence-electron chi connectivity index (χ3n) is 2.78. The van der Waals surface area contributed by atoms with Crippen molar-refractivity contribution in [2.75, 3.05) is 6.54 Å². The third-order valence-corrected chi connectivity index (χ3v) is 3.21. The fourth-order valence-electron chi connectivity index (χ4n) is 1.98. The molecule has 2 N–H and O–H groups in total. The Labute approximate surface area is 116 Å². The molecule has 0 spiro atoms. The summed E-state index contributed by atoms with van der Waals surface area (Å²) in [7, 11) is 0. The van der Waals surface area contributed by atoms with Crippen molar-refractivity contribution in [2.45, 2.75) is 18.6 Å². The lowest BCUT2D eigenvalue weighted by Crippen LogP contribution is -2.39. The normalized spacial score (nSPS) is 22.3. The van der Waals surface area contributed by atoms with Crippen LogP contribution in [0.2, 0.25) is 0 Å². The van der Waals surface area contributed by atoms with Gasteiger partial charge in [0.1, 0.15) is 17.9 Å². The van der Waals surface area contributed by atoms with Crippen LogP contribution in [0.5, 0.6) is 5.75 Å². The number of pyridine rings is 1. The van der Waals surface area contributed by atoms with Gasteiger partial charge >= 0.3 is 12.1 Å². The predicted octanol–water partition coefficient (Wildman–Crippen LogP) is 1.43. The number of carboxylic acids is 1. The zero-order chi connectivity index (χ0) is 14.0. The smallest absolute Gasteiger partial charge is 0.408 e. The quantitative estimate of drug-likeness (QED) is 0.869. The van der Waals surface area contributed by atoms with E-state index in [-0.39, 0.29) is 13.0 Å². The van der Waals surface area contributed by atoms with Gasteiger partial charge in [-0.05, 0) is 22.0 Å². The first kappa shape index (κ1) is 13.6. The molecular weight excluding hydrogens is 320 g/mol. The average Bonchev–Trinajstić information content (AvgIpc) is 2.73. The minimum Gasteiger partial charge on any atom is -0.487 e. The molecule has 102 valence electrons. The second-order valence-electron chi connectivity index (χ2n) is 4.10. The zero-order valence-electron chi connectivity index (χ0n) is 9.69. The van der Waals surface area contributed by atoms with E-state index >= 15 is 0 Å². The van der Waals surface area contributed by atoms with Crippen molar-refractivity contribution in [3.63, 3.8) is 0 Å². The highest BCUT2D eigenvalue weighted by atomic mass is 79.9. The monoisotopic (exact) mass is 330 g/mol. The first-order valence-electron chi connectivity index (χ1n) is 5.47. The molecule has 8 heteroatoms. The molecule has 2 heterocycles. The highest BCUT2D eigenvalue weighted by molar-refractivity contribution is 9.10. The number of halogens is 1. The molecule has 0 aromatic carbocycles. The van der Waals surface area contributed by atoms with Crippen LogP contribution in [-0.2, 0) is 4.79 Å². The molecule has 1 saturated heterocycles. The van der Waals surface area contributed by atoms with E-state index < -0.39 is 24.2 Å². The summed E-state index contributed by atoms with van der Waals surface area (Å²) in [6, 6.07) is 0.620. The number of hydrogen-bond donors (Lipinski definition) is 2. The van der Waals surface area contributed by atoms with Gasteiger partial charge in [0.05, 0.1) is 12.7 Å². The van der Waals surface area contributed by atoms with E-state index in [4.69, 9.17) is 14.9 Å². The summed E-state index contributed by atoms with van der Waals surface area (Å²) in [5.41, 5.74) is 0. The Hall–Kier alpha value is -1.83. The predicted molar refractivity (Wildman–Crippen MR) is 67.1 cm³/mol. The van der Waals surface area contributed by atoms with Gasteiger partial charge in [-0.3, -0.25) is 9.88 Å². The highest BCUT2D eigenvalue weighted by Gasteiger charge is 2.40. The molecular formula is C11H11BrN2O5. The minimum atomic E-state index is -1.26. The van der Waals surface area contributed by atoms with Gasteiger partial charge in [0, 0.05) is 17.1 Å². The lowest BCUT2D eigenvalue weighted by molar-refractivity contribution is -0.141. The number of likely N-dealkylation sites (tertiary alicyclic amines) is 1. The van der Waals surface area contributed by atoms with E-state index in [9.17, 15) is 9.59 Å². The summed E-state index contributed by atoms with van der Waals surface area (Å²) in [6.07, 6.45) is 1.45. The van der Waals surface area contributed by atoms with Gasteiger partial charge in [0.25, 0.3) is 0 Å². The van der Waals surface area contributed by atoms with Crippen LogP contribution in [0, 0.1) is 0 Å². The summed E-state index contributed by atoms with van der Waals surface area (Å²) in [5.74, 6) is -0.698. The van der Waals surface area contributed by atoms with E-state index in [0.717, 1.165) is 9.37 Å². The molecule has 1 aromatic rings. The van der Waals surface area contributed by atoms with Gasteiger partial charge in [-0.1, -0.05) is 0 Å². The summed E-state index contributed by atoms with van der Waals surface area (Å²) in [4.78, 5) is 26.7. The van der Waals surface area contributed by atoms with Crippen molar-refractivity contribution >= 4 is 28.0 Å². The molecule has 1 fully saturated rings. The molecule has 1 aliphatic rings. The second kappa shape index (κ2) is 5.43. The van der Waals surface area contributed by atoms with Crippen LogP contribution in [-0.4, -0.2) is 50.9 Å². The molecule has 0 unspecified atom stereocenters. The number of aromatic nitrogens is 1. The molecule has 2 rings (SSSR count). The lowest BCUT2D eigenvalue weighted by Gasteiger charge is -2.16. The van der Waals surface area contributed by atoms with E-state index in [1.807, 2.05) is 0 Å². The fraction of sp³-hybridized carbons (Fsp3) is 0.364. The zero-order valence-corrected chi connectivity index (χ0v) is 11.3. The van der Waals surface area contributed by atoms with E-state index in [1.165, 1.54) is 6.20 Å². The van der Waals surface area contributed by atoms with Crippen LogP contribution in [0.4, 0.5) is 4.79 Å². The molecule has 0 aliphatic carbocycles. The van der Waals surface area contributed by atoms with Crippen LogP contribution >= 0.6 is 15.9 Å². The Morgan fingerprint density at radius 2 is 2.16 bits per heavy atom. The molecule has 1 amide bonds. The van der Waals surface area contributed by atoms with Crippen molar-refractivity contribution in [3.8, 4) is 5.75 Å². The molecule has 7 nitrogen and oxygen atoms in total. The number of hydrogen-bond acceptors (Lipinski definition) is 4. The van der Waals surface area contributed by atoms with Gasteiger partial charge < -0.3 is 14.9 Å². The van der Waals surface area contributed by atoms with Crippen LogP contribution in [0.25, 0.3) is 0 Å². The summed E-state index contributed by atoms with van der Waals surface area (Å²) in [5, 5.41) is 17.9. The van der Waals surface area contributed by atoms with Crippen LogP contribution in [0.1, 0.15) is 6.42 Å². The standard InChI is InChI=1S/C11H11BrN2O5/c12-6-1-7(4-13-3-6)19-8-2-9(10(15)16)14(5-8)11(17)18/h1,3-4,8-9H,2,5H2,(H,15,16)(H,17,18)/t8-,9-/m0/s1. The summed E-state index contributed by atoms with van der Waals surface area (Å²) >= 11 is 3.24. The molecule has 1 aromatic heterocycles. The van der Waals surface area contributed by atoms with Gasteiger partial charge in [-0.25, -0.2) is 9.59 Å². The molecule has 0 radical (unpaired) electrons. The number of aliphatic carboxylic acids is 1. The molecule has 2 atom stereocenters. The van der Waals surface area contributed by atoms with E-state index in [2.05, 4.69) is 20.9 Å². The number of carbonyl (C=O) groups is 2. The largest absolute Gasteiger partial charge is 0.487 e. The van der Waals surface area contributed by atoms with Gasteiger partial charge in [-0.2, -0.15) is 0 Å². The highest BCUT2D eigenvalue weighted by Crippen LogP contribution is 2.24. The topological polar surface area (TPSA) is 100.0 Å². The Morgan fingerprint density at radius 1 is 1.42 bits per heavy atom. The lowest BCUT2D eigenvalue weighted by atomic mass is 10.2. The van der Waals surface area contributed by atoms with Gasteiger partial charge in [-0.15, -0.1) is 0 Å². The van der Waals surface area contributed by atoms with Crippen LogP contribution in [0.3, 0.4) is 0 Å². The van der Waals surface area contributed by atoms with Gasteiger partial charge in [0.15, 0.2) is 0 Å². The molecule has 19 heavy (non-hydrogen) atoms. The number of rotatable bonds is 3. The number of nitrogens with zero attached hydrogens (tertiary/aromatic N) is 2. The number of amides is 1. The van der Waals surface area contributed by atoms with Crippen molar-refractivity contribution in [3.05, 3.63) is 22.9 Å². The average molecular weight is 331 g/mol. The van der Waals surface area contributed by atoms with E-state index in [1.54, 1.807) is 12.3 Å². The van der Waals surface area contributed by atoms with Crippen molar-refractivity contribution in [1.82, 2.24) is 9.88 Å². The SMILES string of the molecule is O=C(O)[C@@H]1C[C@H](Oc2cncc(Br)c2)CN1C(=O)O. The Morgan fingerprint density at radius 3 is 2.68 bits per heavy atom. The van der Waals surface area contributed by atoms with Crippen LogP contribution < -0.4 is 4.74 Å². The summed E-state index contributed by atoms with van der Waals surface area (Å²) < 4.78 is 6.29. The first-order valence-corrected chi connectivity index (χ1v) is 6.26. The second-order valence-corrected chi connectivity index (χ2v) is 5.02.